The predicted molar refractivity (Wildman–Crippen MR) is 74.0 cm³/mol. The van der Waals surface area contributed by atoms with Crippen molar-refractivity contribution in [1.82, 2.24) is 9.88 Å². The number of rotatable bonds is 3. The van der Waals surface area contributed by atoms with Crippen molar-refractivity contribution in [2.45, 2.75) is 18.6 Å². The molecule has 0 radical (unpaired) electrons. The van der Waals surface area contributed by atoms with Crippen molar-refractivity contribution in [3.8, 4) is 0 Å². The molecule has 6 heteroatoms. The Balaban J connectivity index is 2.23. The van der Waals surface area contributed by atoms with Gasteiger partial charge in [-0.3, -0.25) is 0 Å². The molecular weight excluding hydrogens is 252 g/mol. The number of halogens is 1. The van der Waals surface area contributed by atoms with E-state index in [4.69, 9.17) is 17.3 Å². The van der Waals surface area contributed by atoms with Crippen molar-refractivity contribution in [2.24, 2.45) is 0 Å². The van der Waals surface area contributed by atoms with Crippen molar-refractivity contribution in [3.63, 3.8) is 0 Å². The summed E-state index contributed by atoms with van der Waals surface area (Å²) in [6, 6.07) is 3.66. The summed E-state index contributed by atoms with van der Waals surface area (Å²) in [5, 5.41) is 10.2. The molecule has 1 fully saturated rings. The minimum Gasteiger partial charge on any atom is -0.399 e. The number of aliphatic hydroxyl groups is 1. The van der Waals surface area contributed by atoms with Crippen molar-refractivity contribution in [1.29, 1.82) is 0 Å². The van der Waals surface area contributed by atoms with E-state index in [-0.39, 0.29) is 12.1 Å². The predicted octanol–water partition coefficient (Wildman–Crippen LogP) is 0.818. The molecule has 2 rings (SSSR count). The highest BCUT2D eigenvalue weighted by Crippen LogP contribution is 2.27. The molecule has 0 amide bonds. The fourth-order valence-electron chi connectivity index (χ4n) is 2.42. The molecule has 1 aliphatic rings. The first-order valence-corrected chi connectivity index (χ1v) is 6.36. The standard InChI is InChI=1S/C12H19ClN4O/c1-16(2)6-9-5-10(18)7-17(9)12-4-8(14)3-11(13)15-12/h3-4,9-10,18H,5-7H2,1-2H3,(H2,14,15). The van der Waals surface area contributed by atoms with E-state index in [1.165, 1.54) is 0 Å². The average Bonchev–Trinajstić information content (AvgIpc) is 2.56. The molecule has 0 aromatic carbocycles. The Hall–Kier alpha value is -1.04. The van der Waals surface area contributed by atoms with Crippen LogP contribution in [0.25, 0.3) is 0 Å². The van der Waals surface area contributed by atoms with E-state index >= 15 is 0 Å². The van der Waals surface area contributed by atoms with E-state index < -0.39 is 0 Å². The summed E-state index contributed by atoms with van der Waals surface area (Å²) in [7, 11) is 4.03. The van der Waals surface area contributed by atoms with Crippen molar-refractivity contribution < 1.29 is 5.11 Å². The minimum absolute atomic E-state index is 0.236. The number of nitrogen functional groups attached to an aromatic ring is 1. The van der Waals surface area contributed by atoms with Gasteiger partial charge in [-0.1, -0.05) is 11.6 Å². The zero-order valence-corrected chi connectivity index (χ0v) is 11.4. The molecule has 5 nitrogen and oxygen atoms in total. The summed E-state index contributed by atoms with van der Waals surface area (Å²) < 4.78 is 0. The molecule has 1 aliphatic heterocycles. The van der Waals surface area contributed by atoms with Gasteiger partial charge in [0.1, 0.15) is 11.0 Å². The number of hydrogen-bond donors (Lipinski definition) is 2. The van der Waals surface area contributed by atoms with Crippen LogP contribution in [0, 0.1) is 0 Å². The smallest absolute Gasteiger partial charge is 0.133 e. The van der Waals surface area contributed by atoms with Crippen LogP contribution in [0.4, 0.5) is 11.5 Å². The topological polar surface area (TPSA) is 65.6 Å². The first-order chi connectivity index (χ1) is 8.45. The maximum Gasteiger partial charge on any atom is 0.133 e. The van der Waals surface area contributed by atoms with Gasteiger partial charge in [0.05, 0.1) is 6.10 Å². The van der Waals surface area contributed by atoms with E-state index in [2.05, 4.69) is 14.8 Å². The summed E-state index contributed by atoms with van der Waals surface area (Å²) in [4.78, 5) is 8.47. The van der Waals surface area contributed by atoms with E-state index in [1.807, 2.05) is 14.1 Å². The van der Waals surface area contributed by atoms with Gasteiger partial charge in [-0.15, -0.1) is 0 Å². The van der Waals surface area contributed by atoms with Crippen molar-refractivity contribution in [2.75, 3.05) is 37.8 Å². The van der Waals surface area contributed by atoms with Crippen molar-refractivity contribution >= 4 is 23.1 Å². The number of likely N-dealkylation sites (N-methyl/N-ethyl adjacent to an activating group) is 1. The largest absolute Gasteiger partial charge is 0.399 e. The summed E-state index contributed by atoms with van der Waals surface area (Å²) in [6.07, 6.45) is 0.420. The first kappa shape index (κ1) is 13.4. The van der Waals surface area contributed by atoms with E-state index in [9.17, 15) is 5.11 Å². The second kappa shape index (κ2) is 5.30. The molecule has 0 aliphatic carbocycles. The number of nitrogens with two attached hydrogens (primary N) is 1. The number of anilines is 2. The van der Waals surface area contributed by atoms with Crippen LogP contribution >= 0.6 is 11.6 Å². The van der Waals surface area contributed by atoms with Crippen LogP contribution in [0.1, 0.15) is 6.42 Å². The molecule has 2 unspecified atom stereocenters. The Morgan fingerprint density at radius 2 is 2.28 bits per heavy atom. The molecule has 1 saturated heterocycles. The fourth-order valence-corrected chi connectivity index (χ4v) is 2.63. The van der Waals surface area contributed by atoms with Crippen LogP contribution in [-0.4, -0.2) is 54.3 Å². The molecular formula is C12H19ClN4O. The molecule has 0 saturated carbocycles. The maximum atomic E-state index is 9.83. The zero-order chi connectivity index (χ0) is 13.3. The third-order valence-corrected chi connectivity index (χ3v) is 3.26. The molecule has 18 heavy (non-hydrogen) atoms. The van der Waals surface area contributed by atoms with Gasteiger partial charge in [0.25, 0.3) is 0 Å². The summed E-state index contributed by atoms with van der Waals surface area (Å²) >= 11 is 5.93. The van der Waals surface area contributed by atoms with Gasteiger partial charge in [-0.25, -0.2) is 4.98 Å². The normalized spacial score (nSPS) is 23.9. The first-order valence-electron chi connectivity index (χ1n) is 5.98. The fraction of sp³-hybridized carbons (Fsp3) is 0.583. The Morgan fingerprint density at radius 3 is 2.89 bits per heavy atom. The third-order valence-electron chi connectivity index (χ3n) is 3.07. The Bertz CT molecular complexity index is 406. The molecule has 0 bridgehead atoms. The molecule has 1 aromatic rings. The lowest BCUT2D eigenvalue weighted by molar-refractivity contribution is 0.191. The lowest BCUT2D eigenvalue weighted by Gasteiger charge is -2.27. The third kappa shape index (κ3) is 3.04. The van der Waals surface area contributed by atoms with Crippen LogP contribution in [-0.2, 0) is 0 Å². The number of aromatic nitrogens is 1. The highest BCUT2D eigenvalue weighted by Gasteiger charge is 2.32. The lowest BCUT2D eigenvalue weighted by Crippen LogP contribution is -2.38. The van der Waals surface area contributed by atoms with Crippen LogP contribution in [0.2, 0.25) is 5.15 Å². The molecule has 3 N–H and O–H groups in total. The van der Waals surface area contributed by atoms with Gasteiger partial charge in [0, 0.05) is 30.9 Å². The SMILES string of the molecule is CN(C)CC1CC(O)CN1c1cc(N)cc(Cl)n1. The van der Waals surface area contributed by atoms with Gasteiger partial charge in [-0.05, 0) is 26.6 Å². The maximum absolute atomic E-state index is 9.83. The Morgan fingerprint density at radius 1 is 1.56 bits per heavy atom. The number of aliphatic hydroxyl groups excluding tert-OH is 1. The highest BCUT2D eigenvalue weighted by atomic mass is 35.5. The highest BCUT2D eigenvalue weighted by molar-refractivity contribution is 6.29. The van der Waals surface area contributed by atoms with E-state index in [0.717, 1.165) is 18.8 Å². The number of pyridine rings is 1. The van der Waals surface area contributed by atoms with E-state index in [0.29, 0.717) is 17.4 Å². The number of β-amino-alcohol motifs (C(OH)–C–C–N with tert-alkyl or cyclic N) is 1. The monoisotopic (exact) mass is 270 g/mol. The van der Waals surface area contributed by atoms with Crippen LogP contribution < -0.4 is 10.6 Å². The molecule has 2 heterocycles. The zero-order valence-electron chi connectivity index (χ0n) is 10.7. The minimum atomic E-state index is -0.322. The summed E-state index contributed by atoms with van der Waals surface area (Å²) in [5.41, 5.74) is 6.38. The van der Waals surface area contributed by atoms with Crippen LogP contribution in [0.5, 0.6) is 0 Å². The molecule has 1 aromatic heterocycles. The molecule has 100 valence electrons. The summed E-state index contributed by atoms with van der Waals surface area (Å²) in [6.45, 7) is 1.44. The number of nitrogens with zero attached hydrogens (tertiary/aromatic N) is 3. The lowest BCUT2D eigenvalue weighted by atomic mass is 10.2. The average molecular weight is 271 g/mol. The quantitative estimate of drug-likeness (QED) is 0.796. The van der Waals surface area contributed by atoms with Gasteiger partial charge in [0.2, 0.25) is 0 Å². The summed E-state index contributed by atoms with van der Waals surface area (Å²) in [5.74, 6) is 0.739. The van der Waals surface area contributed by atoms with Gasteiger partial charge in [0.15, 0.2) is 0 Å². The van der Waals surface area contributed by atoms with Crippen LogP contribution in [0.15, 0.2) is 12.1 Å². The molecule has 0 spiro atoms. The second-order valence-corrected chi connectivity index (χ2v) is 5.43. The van der Waals surface area contributed by atoms with Gasteiger partial charge < -0.3 is 20.6 Å². The van der Waals surface area contributed by atoms with Crippen molar-refractivity contribution in [3.05, 3.63) is 17.3 Å². The number of hydrogen-bond acceptors (Lipinski definition) is 5. The van der Waals surface area contributed by atoms with E-state index in [1.54, 1.807) is 12.1 Å². The molecule has 2 atom stereocenters. The van der Waals surface area contributed by atoms with Gasteiger partial charge in [-0.2, -0.15) is 0 Å². The van der Waals surface area contributed by atoms with Gasteiger partial charge >= 0.3 is 0 Å². The Labute approximate surface area is 112 Å². The second-order valence-electron chi connectivity index (χ2n) is 5.04. The Kier molecular flexibility index (Phi) is 3.94. The van der Waals surface area contributed by atoms with Crippen LogP contribution in [0.3, 0.4) is 0 Å².